The fraction of sp³-hybridized carbons (Fsp3) is 0.125. The maximum Gasteiger partial charge on any atom is 0.352 e. The summed E-state index contributed by atoms with van der Waals surface area (Å²) in [5.41, 5.74) is 2.11. The molecule has 0 unspecified atom stereocenters. The summed E-state index contributed by atoms with van der Waals surface area (Å²) in [6.45, 7) is 0.277. The number of nitrogens with zero attached hydrogens (tertiary/aromatic N) is 3. The third-order valence-corrected chi connectivity index (χ3v) is 7.04. The molecule has 0 saturated heterocycles. The highest BCUT2D eigenvalue weighted by Gasteiger charge is 2.19. The van der Waals surface area contributed by atoms with Gasteiger partial charge in [0.1, 0.15) is 15.9 Å². The number of carbonyl (C=O) groups is 2. The molecule has 4 aromatic rings. The zero-order chi connectivity index (χ0) is 24.6. The zero-order valence-corrected chi connectivity index (χ0v) is 21.1. The molecular weight excluding hydrogens is 517 g/mol. The second-order valence-electron chi connectivity index (χ2n) is 7.68. The van der Waals surface area contributed by atoms with Gasteiger partial charge in [-0.3, -0.25) is 4.79 Å². The molecule has 0 fully saturated rings. The summed E-state index contributed by atoms with van der Waals surface area (Å²) in [4.78, 5) is 30.9. The SMILES string of the molecule is CN(C)C(=O)c1ccc(Cn2c(C(=O)O)cc3c(Cl)nc(Sc4ccc(Cl)c(Cl)c4)cc32)cc1. The molecule has 0 atom stereocenters. The highest BCUT2D eigenvalue weighted by Crippen LogP contribution is 2.35. The molecule has 174 valence electrons. The Bertz CT molecular complexity index is 1420. The number of fused-ring (bicyclic) bond motifs is 1. The Balaban J connectivity index is 1.74. The minimum atomic E-state index is -1.08. The Morgan fingerprint density at radius 1 is 1.00 bits per heavy atom. The van der Waals surface area contributed by atoms with Crippen molar-refractivity contribution in [1.29, 1.82) is 0 Å². The van der Waals surface area contributed by atoms with E-state index in [4.69, 9.17) is 34.8 Å². The topological polar surface area (TPSA) is 75.4 Å². The Kier molecular flexibility index (Phi) is 7.09. The fourth-order valence-corrected chi connectivity index (χ4v) is 4.96. The quantitative estimate of drug-likeness (QED) is 0.282. The van der Waals surface area contributed by atoms with Gasteiger partial charge in [0, 0.05) is 36.5 Å². The van der Waals surface area contributed by atoms with Crippen LogP contribution in [0.15, 0.2) is 64.5 Å². The largest absolute Gasteiger partial charge is 0.477 e. The van der Waals surface area contributed by atoms with Crippen molar-refractivity contribution >= 4 is 69.3 Å². The molecule has 0 aliphatic rings. The van der Waals surface area contributed by atoms with Crippen molar-refractivity contribution in [3.63, 3.8) is 0 Å². The van der Waals surface area contributed by atoms with Crippen molar-refractivity contribution in [2.75, 3.05) is 14.1 Å². The highest BCUT2D eigenvalue weighted by molar-refractivity contribution is 7.99. The Hall–Kier alpha value is -2.71. The molecule has 1 amide bonds. The first-order valence-electron chi connectivity index (χ1n) is 10.0. The Morgan fingerprint density at radius 2 is 1.71 bits per heavy atom. The van der Waals surface area contributed by atoms with Gasteiger partial charge >= 0.3 is 5.97 Å². The van der Waals surface area contributed by atoms with Crippen LogP contribution in [0.5, 0.6) is 0 Å². The van der Waals surface area contributed by atoms with Gasteiger partial charge in [0.05, 0.1) is 15.6 Å². The number of aromatic carboxylic acids is 1. The van der Waals surface area contributed by atoms with Gasteiger partial charge in [0.25, 0.3) is 5.91 Å². The molecule has 0 radical (unpaired) electrons. The van der Waals surface area contributed by atoms with Crippen LogP contribution in [0, 0.1) is 0 Å². The molecule has 0 saturated carbocycles. The monoisotopic (exact) mass is 533 g/mol. The number of hydrogen-bond acceptors (Lipinski definition) is 4. The van der Waals surface area contributed by atoms with Gasteiger partial charge in [-0.25, -0.2) is 9.78 Å². The smallest absolute Gasteiger partial charge is 0.352 e. The average Bonchev–Trinajstić information content (AvgIpc) is 3.15. The first kappa shape index (κ1) is 24.4. The van der Waals surface area contributed by atoms with E-state index in [1.54, 1.807) is 49.0 Å². The summed E-state index contributed by atoms with van der Waals surface area (Å²) < 4.78 is 1.67. The van der Waals surface area contributed by atoms with Gasteiger partial charge in [0.15, 0.2) is 0 Å². The van der Waals surface area contributed by atoms with E-state index in [2.05, 4.69) is 4.98 Å². The number of benzene rings is 2. The predicted molar refractivity (Wildman–Crippen MR) is 136 cm³/mol. The lowest BCUT2D eigenvalue weighted by atomic mass is 10.1. The molecule has 2 heterocycles. The average molecular weight is 535 g/mol. The van der Waals surface area contributed by atoms with E-state index in [1.165, 1.54) is 22.7 Å². The molecule has 2 aromatic heterocycles. The van der Waals surface area contributed by atoms with E-state index in [-0.39, 0.29) is 23.3 Å². The summed E-state index contributed by atoms with van der Waals surface area (Å²) in [6, 6.07) is 15.6. The summed E-state index contributed by atoms with van der Waals surface area (Å²) >= 11 is 19.9. The van der Waals surface area contributed by atoms with Gasteiger partial charge in [0.2, 0.25) is 0 Å². The predicted octanol–water partition coefficient (Wildman–Crippen LogP) is 6.60. The van der Waals surface area contributed by atoms with Gasteiger partial charge in [-0.15, -0.1) is 0 Å². The summed E-state index contributed by atoms with van der Waals surface area (Å²) in [6.07, 6.45) is 0. The molecular formula is C24H18Cl3N3O3S. The summed E-state index contributed by atoms with van der Waals surface area (Å²) in [7, 11) is 3.37. The minimum absolute atomic E-state index is 0.0869. The number of aromatic nitrogens is 2. The third kappa shape index (κ3) is 5.03. The second-order valence-corrected chi connectivity index (χ2v) is 9.95. The number of pyridine rings is 1. The van der Waals surface area contributed by atoms with E-state index in [0.717, 1.165) is 10.5 Å². The normalized spacial score (nSPS) is 11.1. The molecule has 1 N–H and O–H groups in total. The maximum atomic E-state index is 12.2. The van der Waals surface area contributed by atoms with Crippen LogP contribution >= 0.6 is 46.6 Å². The molecule has 0 bridgehead atoms. The van der Waals surface area contributed by atoms with Crippen LogP contribution in [0.25, 0.3) is 10.9 Å². The molecule has 4 rings (SSSR count). The first-order chi connectivity index (χ1) is 16.1. The van der Waals surface area contributed by atoms with Gasteiger partial charge in [-0.2, -0.15) is 0 Å². The first-order valence-corrected chi connectivity index (χ1v) is 12.0. The number of hydrogen-bond donors (Lipinski definition) is 1. The number of halogens is 3. The van der Waals surface area contributed by atoms with Crippen LogP contribution in [0.2, 0.25) is 15.2 Å². The zero-order valence-electron chi connectivity index (χ0n) is 18.1. The standard InChI is InChI=1S/C24H18Cl3N3O3S/c1-29(2)23(31)14-5-3-13(4-6-14)12-30-19-11-21(34-15-7-8-17(25)18(26)9-15)28-22(27)16(19)10-20(30)24(32)33/h3-11H,12H2,1-2H3,(H,32,33). The van der Waals surface area contributed by atoms with E-state index in [9.17, 15) is 14.7 Å². The van der Waals surface area contributed by atoms with Crippen LogP contribution in [0.3, 0.4) is 0 Å². The molecule has 10 heteroatoms. The van der Waals surface area contributed by atoms with Crippen LogP contribution < -0.4 is 0 Å². The van der Waals surface area contributed by atoms with Crippen molar-refractivity contribution < 1.29 is 14.7 Å². The van der Waals surface area contributed by atoms with Crippen LogP contribution in [-0.4, -0.2) is 45.5 Å². The lowest BCUT2D eigenvalue weighted by molar-refractivity contribution is 0.0685. The molecule has 34 heavy (non-hydrogen) atoms. The molecule has 0 spiro atoms. The van der Waals surface area contributed by atoms with Crippen LogP contribution in [0.4, 0.5) is 0 Å². The summed E-state index contributed by atoms with van der Waals surface area (Å²) in [5, 5.41) is 12.0. The van der Waals surface area contributed by atoms with Crippen LogP contribution in [-0.2, 0) is 6.54 Å². The minimum Gasteiger partial charge on any atom is -0.477 e. The van der Waals surface area contributed by atoms with Crippen molar-refractivity contribution in [3.05, 3.63) is 86.6 Å². The van der Waals surface area contributed by atoms with Gasteiger partial charge in [-0.1, -0.05) is 58.7 Å². The second kappa shape index (κ2) is 9.88. The Morgan fingerprint density at radius 3 is 2.32 bits per heavy atom. The molecule has 6 nitrogen and oxygen atoms in total. The number of carboxylic acids is 1. The number of carboxylic acid groups (broad SMARTS) is 1. The lowest BCUT2D eigenvalue weighted by Gasteiger charge is -2.12. The lowest BCUT2D eigenvalue weighted by Crippen LogP contribution is -2.21. The van der Waals surface area contributed by atoms with Gasteiger partial charge in [-0.05, 0) is 48.0 Å². The Labute approximate surface area is 215 Å². The molecule has 2 aromatic carbocycles. The van der Waals surface area contributed by atoms with E-state index >= 15 is 0 Å². The van der Waals surface area contributed by atoms with Crippen molar-refractivity contribution in [2.45, 2.75) is 16.5 Å². The highest BCUT2D eigenvalue weighted by atomic mass is 35.5. The van der Waals surface area contributed by atoms with Crippen molar-refractivity contribution in [2.24, 2.45) is 0 Å². The molecule has 0 aliphatic heterocycles. The fourth-order valence-electron chi connectivity index (χ4n) is 3.45. The van der Waals surface area contributed by atoms with Gasteiger partial charge < -0.3 is 14.6 Å². The third-order valence-electron chi connectivity index (χ3n) is 5.11. The maximum absolute atomic E-state index is 12.2. The van der Waals surface area contributed by atoms with Crippen molar-refractivity contribution in [3.8, 4) is 0 Å². The van der Waals surface area contributed by atoms with E-state index < -0.39 is 5.97 Å². The van der Waals surface area contributed by atoms with Crippen molar-refractivity contribution in [1.82, 2.24) is 14.5 Å². The number of rotatable bonds is 6. The van der Waals surface area contributed by atoms with Crippen LogP contribution in [0.1, 0.15) is 26.4 Å². The molecule has 0 aliphatic carbocycles. The summed E-state index contributed by atoms with van der Waals surface area (Å²) in [5.74, 6) is -1.18. The van der Waals surface area contributed by atoms with E-state index in [1.807, 2.05) is 18.2 Å². The number of amides is 1. The van der Waals surface area contributed by atoms with E-state index in [0.29, 0.717) is 31.5 Å². The number of carbonyl (C=O) groups excluding carboxylic acids is 1.